The van der Waals surface area contributed by atoms with Gasteiger partial charge in [-0.15, -0.1) is 11.3 Å². The first kappa shape index (κ1) is 4.91. The SMILES string of the molecule is [B]Cc1cccs1. The van der Waals surface area contributed by atoms with Crippen LogP contribution in [-0.4, -0.2) is 7.85 Å². The van der Waals surface area contributed by atoms with Crippen molar-refractivity contribution in [3.8, 4) is 0 Å². The van der Waals surface area contributed by atoms with Gasteiger partial charge in [0.2, 0.25) is 0 Å². The Kier molecular flexibility index (Phi) is 1.52. The topological polar surface area (TPSA) is 0 Å². The van der Waals surface area contributed by atoms with Crippen molar-refractivity contribution in [2.75, 3.05) is 0 Å². The Bertz CT molecular complexity index is 123. The summed E-state index contributed by atoms with van der Waals surface area (Å²) in [7, 11) is 5.30. The molecule has 0 aromatic carbocycles. The van der Waals surface area contributed by atoms with Crippen LogP contribution < -0.4 is 0 Å². The van der Waals surface area contributed by atoms with Crippen molar-refractivity contribution in [1.29, 1.82) is 0 Å². The van der Waals surface area contributed by atoms with Gasteiger partial charge in [-0.1, -0.05) is 12.4 Å². The summed E-state index contributed by atoms with van der Waals surface area (Å²) in [6.07, 6.45) is 0.678. The van der Waals surface area contributed by atoms with Crippen LogP contribution in [0.1, 0.15) is 4.88 Å². The van der Waals surface area contributed by atoms with Crippen molar-refractivity contribution < 1.29 is 0 Å². The van der Waals surface area contributed by atoms with Gasteiger partial charge in [-0.25, -0.2) is 0 Å². The second-order valence-corrected chi connectivity index (χ2v) is 2.32. The van der Waals surface area contributed by atoms with E-state index in [1.165, 1.54) is 4.88 Å². The summed E-state index contributed by atoms with van der Waals surface area (Å²) < 4.78 is 0. The fraction of sp³-hybridized carbons (Fsp3) is 0.200. The summed E-state index contributed by atoms with van der Waals surface area (Å²) in [6.45, 7) is 0. The van der Waals surface area contributed by atoms with E-state index < -0.39 is 0 Å². The zero-order chi connectivity index (χ0) is 5.11. The molecule has 0 bridgehead atoms. The Morgan fingerprint density at radius 3 is 2.86 bits per heavy atom. The second kappa shape index (κ2) is 2.17. The molecule has 1 heterocycles. The zero-order valence-corrected chi connectivity index (χ0v) is 4.74. The Balaban J connectivity index is 2.76. The monoisotopic (exact) mass is 108 g/mol. The first-order valence-electron chi connectivity index (χ1n) is 2.16. The van der Waals surface area contributed by atoms with Gasteiger partial charge in [0.05, 0.1) is 7.85 Å². The average molecular weight is 108 g/mol. The van der Waals surface area contributed by atoms with Crippen LogP contribution in [0.15, 0.2) is 17.5 Å². The minimum atomic E-state index is 0.678. The van der Waals surface area contributed by atoms with E-state index in [0.717, 1.165) is 0 Å². The van der Waals surface area contributed by atoms with Gasteiger partial charge < -0.3 is 0 Å². The molecule has 1 rings (SSSR count). The fourth-order valence-corrected chi connectivity index (χ4v) is 1.01. The second-order valence-electron chi connectivity index (χ2n) is 1.28. The normalized spacial score (nSPS) is 9.14. The minimum Gasteiger partial charge on any atom is -0.150 e. The lowest BCUT2D eigenvalue weighted by Crippen LogP contribution is -1.71. The predicted octanol–water partition coefficient (Wildman–Crippen LogP) is 1.42. The summed E-state index contributed by atoms with van der Waals surface area (Å²) in [5.74, 6) is 0. The summed E-state index contributed by atoms with van der Waals surface area (Å²) in [4.78, 5) is 1.25. The van der Waals surface area contributed by atoms with Crippen molar-refractivity contribution in [2.45, 2.75) is 6.32 Å². The third-order valence-corrected chi connectivity index (χ3v) is 1.68. The molecule has 34 valence electrons. The molecule has 0 nitrogen and oxygen atoms in total. The van der Waals surface area contributed by atoms with Crippen LogP contribution in [-0.2, 0) is 6.32 Å². The van der Waals surface area contributed by atoms with Crippen molar-refractivity contribution in [3.63, 3.8) is 0 Å². The molecule has 0 saturated heterocycles. The van der Waals surface area contributed by atoms with E-state index in [2.05, 4.69) is 0 Å². The van der Waals surface area contributed by atoms with Gasteiger partial charge in [0.25, 0.3) is 0 Å². The van der Waals surface area contributed by atoms with Crippen LogP contribution in [0.2, 0.25) is 0 Å². The van der Waals surface area contributed by atoms with E-state index in [1.807, 2.05) is 17.5 Å². The molecular weight excluding hydrogens is 103 g/mol. The molecule has 0 saturated carbocycles. The molecular formula is C5H5BS. The molecule has 0 spiro atoms. The molecule has 0 aliphatic carbocycles. The maximum absolute atomic E-state index is 5.30. The van der Waals surface area contributed by atoms with Crippen LogP contribution in [0.4, 0.5) is 0 Å². The molecule has 0 N–H and O–H groups in total. The first-order valence-corrected chi connectivity index (χ1v) is 3.04. The zero-order valence-electron chi connectivity index (χ0n) is 3.92. The first-order chi connectivity index (χ1) is 3.43. The lowest BCUT2D eigenvalue weighted by molar-refractivity contribution is 1.53. The van der Waals surface area contributed by atoms with Gasteiger partial charge in [0, 0.05) is 0 Å². The molecule has 0 aliphatic heterocycles. The van der Waals surface area contributed by atoms with E-state index in [0.29, 0.717) is 6.32 Å². The molecule has 0 aliphatic rings. The van der Waals surface area contributed by atoms with Crippen molar-refractivity contribution in [1.82, 2.24) is 0 Å². The quantitative estimate of drug-likeness (QED) is 0.477. The van der Waals surface area contributed by atoms with Crippen molar-refractivity contribution >= 4 is 19.2 Å². The van der Waals surface area contributed by atoms with Crippen LogP contribution in [0, 0.1) is 0 Å². The maximum atomic E-state index is 5.30. The van der Waals surface area contributed by atoms with E-state index >= 15 is 0 Å². The van der Waals surface area contributed by atoms with Gasteiger partial charge in [-0.05, 0) is 16.3 Å². The van der Waals surface area contributed by atoms with E-state index in [9.17, 15) is 0 Å². The van der Waals surface area contributed by atoms with Crippen LogP contribution in [0.25, 0.3) is 0 Å². The van der Waals surface area contributed by atoms with Gasteiger partial charge in [-0.3, -0.25) is 0 Å². The molecule has 0 fully saturated rings. The third kappa shape index (κ3) is 1.06. The van der Waals surface area contributed by atoms with Crippen LogP contribution in [0.3, 0.4) is 0 Å². The van der Waals surface area contributed by atoms with Crippen molar-refractivity contribution in [2.24, 2.45) is 0 Å². The van der Waals surface area contributed by atoms with E-state index in [-0.39, 0.29) is 0 Å². The average Bonchev–Trinajstić information content (AvgIpc) is 2.14. The lowest BCUT2D eigenvalue weighted by atomic mass is 10.0. The molecule has 1 aromatic heterocycles. The highest BCUT2D eigenvalue weighted by atomic mass is 32.1. The van der Waals surface area contributed by atoms with E-state index in [4.69, 9.17) is 7.85 Å². The number of hydrogen-bond donors (Lipinski definition) is 0. The van der Waals surface area contributed by atoms with Crippen molar-refractivity contribution in [3.05, 3.63) is 22.4 Å². The summed E-state index contributed by atoms with van der Waals surface area (Å²) in [5, 5.41) is 2.03. The highest BCUT2D eigenvalue weighted by Gasteiger charge is 1.82. The van der Waals surface area contributed by atoms with Gasteiger partial charge in [0.1, 0.15) is 0 Å². The molecule has 1 aromatic rings. The van der Waals surface area contributed by atoms with Crippen LogP contribution >= 0.6 is 11.3 Å². The lowest BCUT2D eigenvalue weighted by Gasteiger charge is -1.78. The Labute approximate surface area is 48.6 Å². The molecule has 0 atom stereocenters. The van der Waals surface area contributed by atoms with Gasteiger partial charge >= 0.3 is 0 Å². The summed E-state index contributed by atoms with van der Waals surface area (Å²) in [5.41, 5.74) is 0. The molecule has 2 radical (unpaired) electrons. The smallest absolute Gasteiger partial charge is 0.0727 e. The Hall–Kier alpha value is -0.235. The highest BCUT2D eigenvalue weighted by molar-refractivity contribution is 7.10. The molecule has 0 unspecified atom stereocenters. The van der Waals surface area contributed by atoms with Gasteiger partial charge in [0.15, 0.2) is 0 Å². The molecule has 0 amide bonds. The number of thiophene rings is 1. The predicted molar refractivity (Wildman–Crippen MR) is 33.8 cm³/mol. The highest BCUT2D eigenvalue weighted by Crippen LogP contribution is 2.06. The Morgan fingerprint density at radius 1 is 1.71 bits per heavy atom. The van der Waals surface area contributed by atoms with E-state index in [1.54, 1.807) is 11.3 Å². The fourth-order valence-electron chi connectivity index (χ4n) is 0.429. The summed E-state index contributed by atoms with van der Waals surface area (Å²) in [6, 6.07) is 4.04. The molecule has 7 heavy (non-hydrogen) atoms. The van der Waals surface area contributed by atoms with Gasteiger partial charge in [-0.2, -0.15) is 0 Å². The standard InChI is InChI=1S/C5H5BS/c6-4-5-2-1-3-7-5/h1-3H,4H2. The largest absolute Gasteiger partial charge is 0.150 e. The number of rotatable bonds is 1. The minimum absolute atomic E-state index is 0.678. The summed E-state index contributed by atoms with van der Waals surface area (Å²) >= 11 is 1.70. The molecule has 2 heteroatoms. The Morgan fingerprint density at radius 2 is 2.57 bits per heavy atom. The maximum Gasteiger partial charge on any atom is 0.0727 e. The third-order valence-electron chi connectivity index (χ3n) is 0.781. The number of hydrogen-bond acceptors (Lipinski definition) is 1. The van der Waals surface area contributed by atoms with Crippen LogP contribution in [0.5, 0.6) is 0 Å².